The molecule has 1 aromatic carbocycles. The number of ether oxygens (including phenoxy) is 1. The van der Waals surface area contributed by atoms with Crippen molar-refractivity contribution in [1.82, 2.24) is 4.98 Å². The van der Waals surface area contributed by atoms with Crippen molar-refractivity contribution >= 4 is 34.8 Å². The molecule has 17 heavy (non-hydrogen) atoms. The molecule has 0 saturated heterocycles. The van der Waals surface area contributed by atoms with Crippen LogP contribution in [0.3, 0.4) is 0 Å². The van der Waals surface area contributed by atoms with E-state index in [0.29, 0.717) is 27.6 Å². The van der Waals surface area contributed by atoms with Crippen LogP contribution in [-0.4, -0.2) is 4.98 Å². The molecule has 0 atom stereocenters. The second-order valence-corrected chi connectivity index (χ2v) is 4.31. The molecule has 0 radical (unpaired) electrons. The minimum Gasteiger partial charge on any atom is -0.437 e. The van der Waals surface area contributed by atoms with Crippen molar-refractivity contribution < 1.29 is 4.74 Å². The van der Waals surface area contributed by atoms with E-state index in [-0.39, 0.29) is 0 Å². The van der Waals surface area contributed by atoms with Gasteiger partial charge in [0.1, 0.15) is 10.8 Å². The van der Waals surface area contributed by atoms with Crippen LogP contribution in [0.1, 0.15) is 5.56 Å². The Kier molecular flexibility index (Phi) is 4.11. The lowest BCUT2D eigenvalue weighted by Crippen LogP contribution is -1.93. The van der Waals surface area contributed by atoms with Gasteiger partial charge < -0.3 is 4.74 Å². The monoisotopic (exact) mass is 287 g/mol. The number of halogens is 3. The molecular weight excluding hydrogens is 280 g/mol. The molecule has 5 heteroatoms. The van der Waals surface area contributed by atoms with E-state index in [1.165, 1.54) is 0 Å². The second kappa shape index (κ2) is 5.58. The Bertz CT molecular complexity index is 531. The van der Waals surface area contributed by atoms with Crippen LogP contribution >= 0.6 is 34.8 Å². The van der Waals surface area contributed by atoms with Crippen LogP contribution in [0.25, 0.3) is 0 Å². The van der Waals surface area contributed by atoms with Crippen molar-refractivity contribution in [2.45, 2.75) is 5.88 Å². The molecule has 0 aliphatic rings. The fourth-order valence-electron chi connectivity index (χ4n) is 1.28. The summed E-state index contributed by atoms with van der Waals surface area (Å²) >= 11 is 17.7. The van der Waals surface area contributed by atoms with Gasteiger partial charge in [0.15, 0.2) is 0 Å². The number of pyridine rings is 1. The van der Waals surface area contributed by atoms with Gasteiger partial charge in [-0.3, -0.25) is 0 Å². The van der Waals surface area contributed by atoms with Crippen LogP contribution < -0.4 is 4.74 Å². The zero-order valence-electron chi connectivity index (χ0n) is 8.66. The zero-order valence-corrected chi connectivity index (χ0v) is 10.9. The van der Waals surface area contributed by atoms with Gasteiger partial charge in [0, 0.05) is 11.8 Å². The first-order chi connectivity index (χ1) is 8.22. The SMILES string of the molecule is ClCc1cccnc1Oc1cccc(Cl)c1Cl. The summed E-state index contributed by atoms with van der Waals surface area (Å²) < 4.78 is 5.60. The van der Waals surface area contributed by atoms with Gasteiger partial charge in [0.2, 0.25) is 5.88 Å². The molecule has 0 spiro atoms. The molecule has 1 aromatic heterocycles. The maximum atomic E-state index is 6.02. The van der Waals surface area contributed by atoms with Gasteiger partial charge >= 0.3 is 0 Å². The topological polar surface area (TPSA) is 22.1 Å². The number of aromatic nitrogens is 1. The number of hydrogen-bond donors (Lipinski definition) is 0. The highest BCUT2D eigenvalue weighted by atomic mass is 35.5. The van der Waals surface area contributed by atoms with Gasteiger partial charge in [0.05, 0.1) is 10.9 Å². The Morgan fingerprint density at radius 2 is 1.94 bits per heavy atom. The molecule has 0 bridgehead atoms. The summed E-state index contributed by atoms with van der Waals surface area (Å²) in [6.07, 6.45) is 1.63. The van der Waals surface area contributed by atoms with Crippen LogP contribution in [0.4, 0.5) is 0 Å². The van der Waals surface area contributed by atoms with Crippen LogP contribution in [0.15, 0.2) is 36.5 Å². The van der Waals surface area contributed by atoms with E-state index in [1.807, 2.05) is 6.07 Å². The lowest BCUT2D eigenvalue weighted by molar-refractivity contribution is 0.458. The molecule has 0 fully saturated rings. The smallest absolute Gasteiger partial charge is 0.223 e. The minimum atomic E-state index is 0.321. The van der Waals surface area contributed by atoms with Crippen LogP contribution in [0.5, 0.6) is 11.6 Å². The second-order valence-electron chi connectivity index (χ2n) is 3.26. The Hall–Kier alpha value is -0.960. The van der Waals surface area contributed by atoms with Crippen molar-refractivity contribution in [3.8, 4) is 11.6 Å². The third kappa shape index (κ3) is 2.83. The Morgan fingerprint density at radius 1 is 1.12 bits per heavy atom. The van der Waals surface area contributed by atoms with Crippen LogP contribution in [0, 0.1) is 0 Å². The first kappa shape index (κ1) is 12.5. The van der Waals surface area contributed by atoms with Crippen molar-refractivity contribution in [2.24, 2.45) is 0 Å². The lowest BCUT2D eigenvalue weighted by atomic mass is 10.3. The maximum Gasteiger partial charge on any atom is 0.223 e. The van der Waals surface area contributed by atoms with Gasteiger partial charge in [0.25, 0.3) is 0 Å². The van der Waals surface area contributed by atoms with Crippen LogP contribution in [0.2, 0.25) is 10.0 Å². The number of hydrogen-bond acceptors (Lipinski definition) is 2. The Morgan fingerprint density at radius 3 is 2.71 bits per heavy atom. The highest BCUT2D eigenvalue weighted by Crippen LogP contribution is 2.35. The van der Waals surface area contributed by atoms with E-state index >= 15 is 0 Å². The molecule has 2 nitrogen and oxygen atoms in total. The van der Waals surface area contributed by atoms with Crippen molar-refractivity contribution in [1.29, 1.82) is 0 Å². The molecule has 2 aromatic rings. The molecule has 88 valence electrons. The highest BCUT2D eigenvalue weighted by Gasteiger charge is 2.09. The van der Waals surface area contributed by atoms with Gasteiger partial charge in [-0.1, -0.05) is 35.3 Å². The number of benzene rings is 1. The fourth-order valence-corrected chi connectivity index (χ4v) is 1.82. The predicted octanol–water partition coefficient (Wildman–Crippen LogP) is 4.92. The van der Waals surface area contributed by atoms with E-state index in [0.717, 1.165) is 5.56 Å². The predicted molar refractivity (Wildman–Crippen MR) is 70.3 cm³/mol. The minimum absolute atomic E-state index is 0.321. The molecule has 0 aliphatic carbocycles. The fraction of sp³-hybridized carbons (Fsp3) is 0.0833. The highest BCUT2D eigenvalue weighted by molar-refractivity contribution is 6.42. The molecular formula is C12H8Cl3NO. The number of alkyl halides is 1. The summed E-state index contributed by atoms with van der Waals surface area (Å²) in [6, 6.07) is 8.81. The zero-order chi connectivity index (χ0) is 12.3. The van der Waals surface area contributed by atoms with E-state index in [1.54, 1.807) is 30.5 Å². The molecule has 0 N–H and O–H groups in total. The van der Waals surface area contributed by atoms with Crippen molar-refractivity contribution in [2.75, 3.05) is 0 Å². The third-order valence-corrected chi connectivity index (χ3v) is 3.21. The average Bonchev–Trinajstić information content (AvgIpc) is 2.35. The average molecular weight is 289 g/mol. The number of nitrogens with zero attached hydrogens (tertiary/aromatic N) is 1. The van der Waals surface area contributed by atoms with Crippen molar-refractivity contribution in [3.05, 3.63) is 52.1 Å². The quantitative estimate of drug-likeness (QED) is 0.748. The normalized spacial score (nSPS) is 10.3. The largest absolute Gasteiger partial charge is 0.437 e. The van der Waals surface area contributed by atoms with Gasteiger partial charge in [-0.2, -0.15) is 0 Å². The summed E-state index contributed by atoms with van der Waals surface area (Å²) in [7, 11) is 0. The lowest BCUT2D eigenvalue weighted by Gasteiger charge is -2.09. The third-order valence-electron chi connectivity index (χ3n) is 2.12. The van der Waals surface area contributed by atoms with E-state index < -0.39 is 0 Å². The summed E-state index contributed by atoms with van der Waals surface area (Å²) in [5.41, 5.74) is 0.796. The van der Waals surface area contributed by atoms with Gasteiger partial charge in [-0.15, -0.1) is 11.6 Å². The summed E-state index contributed by atoms with van der Waals surface area (Å²) in [6.45, 7) is 0. The van der Waals surface area contributed by atoms with Gasteiger partial charge in [-0.05, 0) is 18.2 Å². The molecule has 0 amide bonds. The molecule has 0 aliphatic heterocycles. The standard InChI is InChI=1S/C12H8Cl3NO/c13-7-8-3-2-6-16-12(8)17-10-5-1-4-9(14)11(10)15/h1-6H,7H2. The number of rotatable bonds is 3. The molecule has 0 saturated carbocycles. The van der Waals surface area contributed by atoms with Crippen LogP contribution in [-0.2, 0) is 5.88 Å². The first-order valence-electron chi connectivity index (χ1n) is 4.84. The van der Waals surface area contributed by atoms with E-state index in [4.69, 9.17) is 39.5 Å². The molecule has 1 heterocycles. The summed E-state index contributed by atoms with van der Waals surface area (Å²) in [5, 5.41) is 0.799. The van der Waals surface area contributed by atoms with E-state index in [2.05, 4.69) is 4.98 Å². The maximum absolute atomic E-state index is 6.02. The first-order valence-corrected chi connectivity index (χ1v) is 6.13. The Labute approximate surface area is 114 Å². The molecule has 0 unspecified atom stereocenters. The Balaban J connectivity index is 2.35. The summed E-state index contributed by atoms with van der Waals surface area (Å²) in [5.74, 6) is 1.22. The van der Waals surface area contributed by atoms with Crippen molar-refractivity contribution in [3.63, 3.8) is 0 Å². The van der Waals surface area contributed by atoms with E-state index in [9.17, 15) is 0 Å². The molecule has 2 rings (SSSR count). The summed E-state index contributed by atoms with van der Waals surface area (Å²) in [4.78, 5) is 4.11. The van der Waals surface area contributed by atoms with Gasteiger partial charge in [-0.25, -0.2) is 4.98 Å².